The van der Waals surface area contributed by atoms with Gasteiger partial charge in [0.15, 0.2) is 0 Å². The van der Waals surface area contributed by atoms with E-state index in [0.29, 0.717) is 18.0 Å². The number of piperidine rings is 1. The van der Waals surface area contributed by atoms with Crippen LogP contribution < -0.4 is 9.47 Å². The first kappa shape index (κ1) is 25.9. The molecule has 0 bridgehead atoms. The highest BCUT2D eigenvalue weighted by molar-refractivity contribution is 5.71. The Hall–Kier alpha value is -2.74. The highest BCUT2D eigenvalue weighted by atomic mass is 19.4. The van der Waals surface area contributed by atoms with Crippen LogP contribution >= 0.6 is 0 Å². The number of carbonyl (C=O) groups is 1. The number of alkyl halides is 3. The first-order chi connectivity index (χ1) is 17.5. The standard InChI is InChI=1S/C29H34F3NO4/c1-18-3-8-24(37-29(30,31)32)23(15-18)17-33-13-11-28(12-14-33)10-9-20-4-7-22(16-25(20)36-28)26(21-5-6-21)19(2)27(34)35/h3-4,7-8,15-16,19,21,26H,5-6,9-14,17H2,1-2H3,(H,34,35)/t19-,26?/m0/s1. The lowest BCUT2D eigenvalue weighted by molar-refractivity contribution is -0.275. The van der Waals surface area contributed by atoms with Gasteiger partial charge in [-0.1, -0.05) is 36.8 Å². The Labute approximate surface area is 215 Å². The number of rotatable bonds is 7. The molecule has 1 unspecified atom stereocenters. The molecule has 2 atom stereocenters. The summed E-state index contributed by atoms with van der Waals surface area (Å²) in [7, 11) is 0. The molecule has 1 saturated heterocycles. The van der Waals surface area contributed by atoms with Gasteiger partial charge in [-0.2, -0.15) is 0 Å². The van der Waals surface area contributed by atoms with Crippen molar-refractivity contribution in [3.8, 4) is 11.5 Å². The quantitative estimate of drug-likeness (QED) is 0.456. The number of ether oxygens (including phenoxy) is 2. The van der Waals surface area contributed by atoms with Gasteiger partial charge in [-0.05, 0) is 80.5 Å². The molecular formula is C29H34F3NO4. The van der Waals surface area contributed by atoms with Crippen molar-refractivity contribution in [3.05, 3.63) is 58.7 Å². The van der Waals surface area contributed by atoms with Gasteiger partial charge in [0.2, 0.25) is 0 Å². The molecule has 8 heteroatoms. The molecule has 37 heavy (non-hydrogen) atoms. The van der Waals surface area contributed by atoms with Gasteiger partial charge < -0.3 is 14.6 Å². The Balaban J connectivity index is 1.27. The molecule has 2 aromatic rings. The average Bonchev–Trinajstić information content (AvgIpc) is 3.67. The minimum Gasteiger partial charge on any atom is -0.487 e. The highest BCUT2D eigenvalue weighted by Crippen LogP contribution is 2.49. The summed E-state index contributed by atoms with van der Waals surface area (Å²) in [4.78, 5) is 13.9. The first-order valence-electron chi connectivity index (χ1n) is 13.1. The topological polar surface area (TPSA) is 59.0 Å². The van der Waals surface area contributed by atoms with Crippen molar-refractivity contribution < 1.29 is 32.5 Å². The molecule has 1 spiro atoms. The number of fused-ring (bicyclic) bond motifs is 1. The Kier molecular flexibility index (Phi) is 6.90. The summed E-state index contributed by atoms with van der Waals surface area (Å²) in [6, 6.07) is 11.0. The smallest absolute Gasteiger partial charge is 0.487 e. The summed E-state index contributed by atoms with van der Waals surface area (Å²) < 4.78 is 49.6. The van der Waals surface area contributed by atoms with Gasteiger partial charge in [0, 0.05) is 25.2 Å². The van der Waals surface area contributed by atoms with E-state index in [2.05, 4.69) is 27.8 Å². The number of carboxylic acid groups (broad SMARTS) is 1. The van der Waals surface area contributed by atoms with Gasteiger partial charge in [-0.25, -0.2) is 0 Å². The number of nitrogens with zero attached hydrogens (tertiary/aromatic N) is 1. The minimum absolute atomic E-state index is 0.00596. The summed E-state index contributed by atoms with van der Waals surface area (Å²) in [5, 5.41) is 9.65. The molecule has 2 fully saturated rings. The molecule has 2 aromatic carbocycles. The molecule has 5 nitrogen and oxygen atoms in total. The SMILES string of the molecule is Cc1ccc(OC(F)(F)F)c(CN2CCC3(CCc4ccc(C(C5CC5)[C@H](C)C(=O)O)cc4O3)CC2)c1. The molecule has 0 radical (unpaired) electrons. The van der Waals surface area contributed by atoms with Crippen LogP contribution in [-0.4, -0.2) is 41.0 Å². The summed E-state index contributed by atoms with van der Waals surface area (Å²) in [6.45, 7) is 5.48. The lowest BCUT2D eigenvalue weighted by atomic mass is 9.80. The van der Waals surface area contributed by atoms with Crippen molar-refractivity contribution in [3.63, 3.8) is 0 Å². The number of carboxylic acids is 1. The molecule has 2 aliphatic heterocycles. The third kappa shape index (κ3) is 5.89. The molecule has 2 heterocycles. The van der Waals surface area contributed by atoms with Crippen LogP contribution in [-0.2, 0) is 17.8 Å². The number of aliphatic carboxylic acids is 1. The van der Waals surface area contributed by atoms with Crippen LogP contribution in [0.4, 0.5) is 13.2 Å². The van der Waals surface area contributed by atoms with Gasteiger partial charge in [-0.15, -0.1) is 13.2 Å². The van der Waals surface area contributed by atoms with Crippen LogP contribution in [0.3, 0.4) is 0 Å². The largest absolute Gasteiger partial charge is 0.573 e. The van der Waals surface area contributed by atoms with Crippen LogP contribution in [0.5, 0.6) is 11.5 Å². The lowest BCUT2D eigenvalue weighted by Gasteiger charge is -2.45. The summed E-state index contributed by atoms with van der Waals surface area (Å²) in [5.41, 5.74) is 3.33. The summed E-state index contributed by atoms with van der Waals surface area (Å²) >= 11 is 0. The predicted octanol–water partition coefficient (Wildman–Crippen LogP) is 6.47. The van der Waals surface area contributed by atoms with E-state index in [1.807, 2.05) is 6.92 Å². The molecule has 1 N–H and O–H groups in total. The third-order valence-electron chi connectivity index (χ3n) is 8.31. The van der Waals surface area contributed by atoms with E-state index in [1.54, 1.807) is 19.1 Å². The number of likely N-dealkylation sites (tertiary alicyclic amines) is 1. The van der Waals surface area contributed by atoms with E-state index < -0.39 is 18.2 Å². The van der Waals surface area contributed by atoms with Gasteiger partial charge >= 0.3 is 12.3 Å². The average molecular weight is 518 g/mol. The van der Waals surface area contributed by atoms with Crippen molar-refractivity contribution in [2.24, 2.45) is 11.8 Å². The molecule has 3 aliphatic rings. The van der Waals surface area contributed by atoms with E-state index in [9.17, 15) is 23.1 Å². The van der Waals surface area contributed by atoms with E-state index in [-0.39, 0.29) is 17.3 Å². The monoisotopic (exact) mass is 517 g/mol. The number of aryl methyl sites for hydroxylation is 2. The molecule has 0 amide bonds. The second kappa shape index (κ2) is 9.86. The Morgan fingerprint density at radius 2 is 1.89 bits per heavy atom. The van der Waals surface area contributed by atoms with Crippen LogP contribution in [0, 0.1) is 18.8 Å². The molecule has 5 rings (SSSR count). The van der Waals surface area contributed by atoms with E-state index >= 15 is 0 Å². The Morgan fingerprint density at radius 3 is 2.54 bits per heavy atom. The fraction of sp³-hybridized carbons (Fsp3) is 0.552. The molecule has 1 aliphatic carbocycles. The molecule has 1 saturated carbocycles. The summed E-state index contributed by atoms with van der Waals surface area (Å²) in [6.07, 6.45) is 0.786. The van der Waals surface area contributed by atoms with Crippen LogP contribution in [0.2, 0.25) is 0 Å². The fourth-order valence-electron chi connectivity index (χ4n) is 6.07. The van der Waals surface area contributed by atoms with Crippen molar-refractivity contribution >= 4 is 5.97 Å². The van der Waals surface area contributed by atoms with Crippen molar-refractivity contribution in [1.82, 2.24) is 4.90 Å². The van der Waals surface area contributed by atoms with Gasteiger partial charge in [0.25, 0.3) is 0 Å². The fourth-order valence-corrected chi connectivity index (χ4v) is 6.07. The number of halogens is 3. The van der Waals surface area contributed by atoms with E-state index in [1.165, 1.54) is 6.07 Å². The maximum absolute atomic E-state index is 12.9. The maximum atomic E-state index is 12.9. The third-order valence-corrected chi connectivity index (χ3v) is 8.31. The predicted molar refractivity (Wildman–Crippen MR) is 133 cm³/mol. The zero-order valence-electron chi connectivity index (χ0n) is 21.3. The Bertz CT molecular complexity index is 1150. The number of hydrogen-bond acceptors (Lipinski definition) is 4. The van der Waals surface area contributed by atoms with E-state index in [4.69, 9.17) is 4.74 Å². The number of hydrogen-bond donors (Lipinski definition) is 1. The molecule has 200 valence electrons. The van der Waals surface area contributed by atoms with Crippen molar-refractivity contribution in [2.45, 2.75) is 76.8 Å². The van der Waals surface area contributed by atoms with Gasteiger partial charge in [0.1, 0.15) is 17.1 Å². The normalized spacial score (nSPS) is 21.1. The molecule has 0 aromatic heterocycles. The van der Waals surface area contributed by atoms with Crippen molar-refractivity contribution in [2.75, 3.05) is 13.1 Å². The zero-order valence-corrected chi connectivity index (χ0v) is 21.3. The Morgan fingerprint density at radius 1 is 1.16 bits per heavy atom. The maximum Gasteiger partial charge on any atom is 0.573 e. The van der Waals surface area contributed by atoms with Crippen LogP contribution in [0.25, 0.3) is 0 Å². The molecular weight excluding hydrogens is 483 g/mol. The van der Waals surface area contributed by atoms with Crippen molar-refractivity contribution in [1.29, 1.82) is 0 Å². The lowest BCUT2D eigenvalue weighted by Crippen LogP contribution is -2.49. The van der Waals surface area contributed by atoms with Gasteiger partial charge in [-0.3, -0.25) is 9.69 Å². The zero-order chi connectivity index (χ0) is 26.4. The highest BCUT2D eigenvalue weighted by Gasteiger charge is 2.42. The van der Waals surface area contributed by atoms with Crippen LogP contribution in [0.15, 0.2) is 36.4 Å². The summed E-state index contributed by atoms with van der Waals surface area (Å²) in [5.74, 6) is -0.0862. The van der Waals surface area contributed by atoms with Gasteiger partial charge in [0.05, 0.1) is 5.92 Å². The van der Waals surface area contributed by atoms with Crippen LogP contribution in [0.1, 0.15) is 67.2 Å². The second-order valence-corrected chi connectivity index (χ2v) is 11.1. The number of benzene rings is 2. The first-order valence-corrected chi connectivity index (χ1v) is 13.1. The minimum atomic E-state index is -4.72. The second-order valence-electron chi connectivity index (χ2n) is 11.1. The van der Waals surface area contributed by atoms with E-state index in [0.717, 1.165) is 74.1 Å².